The van der Waals surface area contributed by atoms with E-state index in [0.717, 1.165) is 6.42 Å². The van der Waals surface area contributed by atoms with Crippen LogP contribution in [0, 0.1) is 23.2 Å². The Balaban J connectivity index is 1.91. The highest BCUT2D eigenvalue weighted by Gasteiger charge is 2.53. The quantitative estimate of drug-likeness (QED) is 0.364. The van der Waals surface area contributed by atoms with Gasteiger partial charge in [0.1, 0.15) is 12.1 Å². The molecule has 40 heavy (non-hydrogen) atoms. The number of sulfone groups is 1. The van der Waals surface area contributed by atoms with Gasteiger partial charge in [-0.1, -0.05) is 27.2 Å². The molecule has 0 unspecified atom stereocenters. The molecule has 226 valence electrons. The molecule has 4 amide bonds. The Morgan fingerprint density at radius 2 is 1.77 bits per heavy atom. The molecule has 15 heteroatoms. The first-order valence-corrected chi connectivity index (χ1v) is 15.0. The second-order valence-electron chi connectivity index (χ2n) is 11.9. The molecule has 2 saturated heterocycles. The molecule has 10 nitrogen and oxygen atoms in total. The van der Waals surface area contributed by atoms with Crippen molar-refractivity contribution in [3.63, 3.8) is 0 Å². The predicted molar refractivity (Wildman–Crippen MR) is 135 cm³/mol. The summed E-state index contributed by atoms with van der Waals surface area (Å²) in [6.45, 7) is 4.91. The van der Waals surface area contributed by atoms with Gasteiger partial charge in [0.05, 0.1) is 6.04 Å². The Kier molecular flexibility index (Phi) is 9.26. The summed E-state index contributed by atoms with van der Waals surface area (Å²) in [5.41, 5.74) is -1.14. The van der Waals surface area contributed by atoms with Gasteiger partial charge in [0.15, 0.2) is 0 Å². The second kappa shape index (κ2) is 11.6. The first-order valence-electron chi connectivity index (χ1n) is 13.1. The van der Waals surface area contributed by atoms with E-state index >= 15 is 0 Å². The number of likely N-dealkylation sites (tertiary alicyclic amines) is 1. The number of alkyl halides is 3. The average Bonchev–Trinajstić information content (AvgIpc) is 3.50. The predicted octanol–water partition coefficient (Wildman–Crippen LogP) is 1.57. The van der Waals surface area contributed by atoms with Crippen LogP contribution in [0.15, 0.2) is 11.2 Å². The van der Waals surface area contributed by atoms with E-state index in [9.17, 15) is 45.2 Å². The number of hydrogen-bond acceptors (Lipinski definition) is 6. The molecule has 1 saturated carbocycles. The Hall–Kier alpha value is -2.71. The third kappa shape index (κ3) is 7.32. The standard InChI is InChI=1S/C25H36F4N4O6S/c1-24(2,3)19(32-23(37)25(27,28)29)22(36)33-12-14-6-5-7-16(14)18(33)21(35)31-15(11-17(26)40(4,38)39)10-13-8-9-30-20(13)34/h11,13-16,18-19H,5-10,12H2,1-4H3,(H,30,34)(H,31,35)(H,32,37)/b17-11-/t13-,14+,15+,16+,18-,19-/m1/s1. The fraction of sp³-hybridized carbons (Fsp3) is 0.760. The number of carbonyl (C=O) groups excluding carboxylic acids is 4. The van der Waals surface area contributed by atoms with Gasteiger partial charge in [-0.05, 0) is 49.0 Å². The highest BCUT2D eigenvalue weighted by atomic mass is 32.2. The molecular formula is C25H36F4N4O6S. The molecular weight excluding hydrogens is 560 g/mol. The number of carbonyl (C=O) groups is 4. The number of rotatable bonds is 8. The molecule has 0 radical (unpaired) electrons. The van der Waals surface area contributed by atoms with Crippen molar-refractivity contribution in [1.82, 2.24) is 20.9 Å². The number of nitrogens with one attached hydrogen (secondary N) is 3. The van der Waals surface area contributed by atoms with E-state index in [1.165, 1.54) is 25.7 Å². The van der Waals surface area contributed by atoms with E-state index in [-0.39, 0.29) is 30.7 Å². The van der Waals surface area contributed by atoms with Crippen molar-refractivity contribution in [3.8, 4) is 0 Å². The van der Waals surface area contributed by atoms with Crippen molar-refractivity contribution < 1.29 is 45.2 Å². The van der Waals surface area contributed by atoms with Gasteiger partial charge in [0, 0.05) is 25.3 Å². The molecule has 3 aliphatic rings. The minimum absolute atomic E-state index is 0.0826. The van der Waals surface area contributed by atoms with Crippen LogP contribution < -0.4 is 16.0 Å². The zero-order chi connectivity index (χ0) is 30.2. The van der Waals surface area contributed by atoms with Crippen molar-refractivity contribution in [2.45, 2.75) is 77.2 Å². The molecule has 3 N–H and O–H groups in total. The summed E-state index contributed by atoms with van der Waals surface area (Å²) >= 11 is 0. The van der Waals surface area contributed by atoms with E-state index in [2.05, 4.69) is 10.6 Å². The van der Waals surface area contributed by atoms with Gasteiger partial charge in [-0.2, -0.15) is 17.6 Å². The lowest BCUT2D eigenvalue weighted by Crippen LogP contribution is -2.60. The maximum absolute atomic E-state index is 14.5. The van der Waals surface area contributed by atoms with Crippen LogP contribution in [0.3, 0.4) is 0 Å². The van der Waals surface area contributed by atoms with Crippen LogP contribution in [0.5, 0.6) is 0 Å². The van der Waals surface area contributed by atoms with Gasteiger partial charge in [-0.25, -0.2) is 8.42 Å². The molecule has 0 aromatic carbocycles. The monoisotopic (exact) mass is 596 g/mol. The van der Waals surface area contributed by atoms with E-state index in [1.54, 1.807) is 5.32 Å². The molecule has 2 aliphatic heterocycles. The summed E-state index contributed by atoms with van der Waals surface area (Å²) in [5.74, 6) is -5.25. The molecule has 2 heterocycles. The lowest BCUT2D eigenvalue weighted by molar-refractivity contribution is -0.176. The summed E-state index contributed by atoms with van der Waals surface area (Å²) in [7, 11) is -4.24. The highest BCUT2D eigenvalue weighted by Crippen LogP contribution is 2.43. The van der Waals surface area contributed by atoms with Crippen molar-refractivity contribution >= 4 is 33.5 Å². The summed E-state index contributed by atoms with van der Waals surface area (Å²) in [4.78, 5) is 52.4. The Labute approximate surface area is 230 Å². The minimum Gasteiger partial charge on any atom is -0.356 e. The van der Waals surface area contributed by atoms with Crippen molar-refractivity contribution in [2.75, 3.05) is 19.3 Å². The van der Waals surface area contributed by atoms with Gasteiger partial charge in [0.25, 0.3) is 0 Å². The number of amides is 4. The Morgan fingerprint density at radius 1 is 1.12 bits per heavy atom. The van der Waals surface area contributed by atoms with Gasteiger partial charge < -0.3 is 20.9 Å². The van der Waals surface area contributed by atoms with E-state index in [1.807, 2.05) is 0 Å². The van der Waals surface area contributed by atoms with Crippen LogP contribution in [-0.4, -0.2) is 80.6 Å². The number of nitrogens with zero attached hydrogens (tertiary/aromatic N) is 1. The van der Waals surface area contributed by atoms with Crippen molar-refractivity contribution in [3.05, 3.63) is 11.2 Å². The first kappa shape index (κ1) is 31.8. The van der Waals surface area contributed by atoms with E-state index < -0.39 is 68.4 Å². The number of fused-ring (bicyclic) bond motifs is 1. The van der Waals surface area contributed by atoms with Gasteiger partial charge in [-0.15, -0.1) is 0 Å². The topological polar surface area (TPSA) is 142 Å². The third-order valence-electron chi connectivity index (χ3n) is 7.80. The Bertz CT molecular complexity index is 1170. The smallest absolute Gasteiger partial charge is 0.356 e. The molecule has 0 aromatic heterocycles. The summed E-state index contributed by atoms with van der Waals surface area (Å²) in [5, 5.41) is 5.50. The molecule has 6 atom stereocenters. The summed E-state index contributed by atoms with van der Waals surface area (Å²) < 4.78 is 77.1. The molecule has 3 fully saturated rings. The highest BCUT2D eigenvalue weighted by molar-refractivity contribution is 7.94. The van der Waals surface area contributed by atoms with Crippen LogP contribution >= 0.6 is 0 Å². The number of hydrogen-bond donors (Lipinski definition) is 3. The zero-order valence-corrected chi connectivity index (χ0v) is 23.6. The summed E-state index contributed by atoms with van der Waals surface area (Å²) in [6.07, 6.45) is -1.55. The third-order valence-corrected chi connectivity index (χ3v) is 8.65. The molecule has 0 spiro atoms. The van der Waals surface area contributed by atoms with Crippen LogP contribution in [0.4, 0.5) is 17.6 Å². The fourth-order valence-electron chi connectivity index (χ4n) is 5.79. The Morgan fingerprint density at radius 3 is 2.30 bits per heavy atom. The lowest BCUT2D eigenvalue weighted by atomic mass is 9.85. The molecule has 0 aromatic rings. The minimum atomic E-state index is -5.22. The maximum atomic E-state index is 14.5. The van der Waals surface area contributed by atoms with Crippen LogP contribution in [-0.2, 0) is 29.0 Å². The molecule has 0 bridgehead atoms. The van der Waals surface area contributed by atoms with Crippen LogP contribution in [0.25, 0.3) is 0 Å². The summed E-state index contributed by atoms with van der Waals surface area (Å²) in [6, 6.07) is -3.95. The van der Waals surface area contributed by atoms with Gasteiger partial charge in [0.2, 0.25) is 32.7 Å². The number of halogens is 4. The van der Waals surface area contributed by atoms with Crippen molar-refractivity contribution in [1.29, 1.82) is 0 Å². The van der Waals surface area contributed by atoms with Crippen molar-refractivity contribution in [2.24, 2.45) is 23.2 Å². The largest absolute Gasteiger partial charge is 0.471 e. The van der Waals surface area contributed by atoms with E-state index in [0.29, 0.717) is 38.1 Å². The van der Waals surface area contributed by atoms with Gasteiger partial charge >= 0.3 is 12.1 Å². The first-order chi connectivity index (χ1) is 18.3. The van der Waals surface area contributed by atoms with Gasteiger partial charge in [-0.3, -0.25) is 19.2 Å². The maximum Gasteiger partial charge on any atom is 0.471 e. The zero-order valence-electron chi connectivity index (χ0n) is 22.8. The molecule has 1 aliphatic carbocycles. The van der Waals surface area contributed by atoms with E-state index in [4.69, 9.17) is 0 Å². The average molecular weight is 597 g/mol. The van der Waals surface area contributed by atoms with Crippen LogP contribution in [0.2, 0.25) is 0 Å². The SMILES string of the molecule is CC(C)(C)[C@H](NC(=O)C(F)(F)F)C(=O)N1C[C@@H]2CCC[C@@H]2[C@@H]1C(=O)N[C@H](/C=C(/F)S(C)(=O)=O)C[C@H]1CCNC1=O. The lowest BCUT2D eigenvalue weighted by Gasteiger charge is -2.36. The molecule has 3 rings (SSSR count). The normalized spacial score (nSPS) is 27.1. The fourth-order valence-corrected chi connectivity index (χ4v) is 6.20. The second-order valence-corrected chi connectivity index (χ2v) is 13.9. The van der Waals surface area contributed by atoms with Crippen LogP contribution in [0.1, 0.15) is 52.9 Å².